The van der Waals surface area contributed by atoms with Gasteiger partial charge in [-0.2, -0.15) is 0 Å². The maximum atomic E-state index is 5.27. The molecule has 68 valence electrons. The van der Waals surface area contributed by atoms with Crippen molar-refractivity contribution in [1.29, 1.82) is 0 Å². The topological polar surface area (TPSA) is 13.1 Å². The molecule has 0 saturated carbocycles. The van der Waals surface area contributed by atoms with Gasteiger partial charge < -0.3 is 4.42 Å². The summed E-state index contributed by atoms with van der Waals surface area (Å²) in [7, 11) is 0. The molecule has 0 radical (unpaired) electrons. The third kappa shape index (κ3) is 3.44. The van der Waals surface area contributed by atoms with Gasteiger partial charge in [-0.1, -0.05) is 29.8 Å². The molecule has 0 spiro atoms. The lowest BCUT2D eigenvalue weighted by molar-refractivity contribution is 0.442. The Morgan fingerprint density at radius 1 is 1.50 bits per heavy atom. The lowest BCUT2D eigenvalue weighted by atomic mass is 10.0. The molecule has 0 aliphatic carbocycles. The summed E-state index contributed by atoms with van der Waals surface area (Å²) in [5.41, 5.74) is 0. The first-order valence-electron chi connectivity index (χ1n) is 4.35. The Morgan fingerprint density at radius 2 is 2.25 bits per heavy atom. The minimum Gasteiger partial charge on any atom is -0.469 e. The lowest BCUT2D eigenvalue weighted by Gasteiger charge is -2.10. The quantitative estimate of drug-likeness (QED) is 0.721. The minimum atomic E-state index is 0.600. The highest BCUT2D eigenvalue weighted by molar-refractivity contribution is 9.09. The van der Waals surface area contributed by atoms with Crippen molar-refractivity contribution in [3.8, 4) is 0 Å². The van der Waals surface area contributed by atoms with Crippen LogP contribution in [0, 0.1) is 5.92 Å². The van der Waals surface area contributed by atoms with Crippen molar-refractivity contribution in [2.45, 2.75) is 31.5 Å². The molecule has 1 aromatic heterocycles. The van der Waals surface area contributed by atoms with Crippen LogP contribution in [0.25, 0.3) is 0 Å². The smallest absolute Gasteiger partial charge is 0.104 e. The fourth-order valence-corrected chi connectivity index (χ4v) is 2.05. The summed E-state index contributed by atoms with van der Waals surface area (Å²) < 4.78 is 5.27. The Morgan fingerprint density at radius 3 is 2.75 bits per heavy atom. The van der Waals surface area contributed by atoms with E-state index < -0.39 is 0 Å². The third-order valence-corrected chi connectivity index (χ3v) is 2.23. The molecule has 0 aliphatic heterocycles. The normalized spacial score (nSPS) is 15.9. The molecular weight excluding hydrogens is 216 g/mol. The van der Waals surface area contributed by atoms with Gasteiger partial charge in [0, 0.05) is 11.2 Å². The molecule has 0 fully saturated rings. The Bertz CT molecular complexity index is 204. The van der Waals surface area contributed by atoms with Crippen molar-refractivity contribution in [3.05, 3.63) is 24.2 Å². The Labute approximate surface area is 82.3 Å². The number of halogens is 1. The summed E-state index contributed by atoms with van der Waals surface area (Å²) in [6.07, 6.45) is 3.98. The minimum absolute atomic E-state index is 0.600. The SMILES string of the molecule is CC(Br)CC(C)Cc1ccco1. The number of furan rings is 1. The van der Waals surface area contributed by atoms with Crippen LogP contribution in [-0.2, 0) is 6.42 Å². The second-order valence-electron chi connectivity index (χ2n) is 3.41. The van der Waals surface area contributed by atoms with E-state index in [0.29, 0.717) is 10.7 Å². The van der Waals surface area contributed by atoms with E-state index in [9.17, 15) is 0 Å². The number of hydrogen-bond donors (Lipinski definition) is 0. The van der Waals surface area contributed by atoms with E-state index in [1.54, 1.807) is 6.26 Å². The molecule has 2 atom stereocenters. The second kappa shape index (κ2) is 4.70. The first-order chi connectivity index (χ1) is 5.68. The highest BCUT2D eigenvalue weighted by atomic mass is 79.9. The van der Waals surface area contributed by atoms with Gasteiger partial charge in [-0.05, 0) is 24.5 Å². The Hall–Kier alpha value is -0.240. The van der Waals surface area contributed by atoms with Crippen molar-refractivity contribution >= 4 is 15.9 Å². The van der Waals surface area contributed by atoms with Crippen LogP contribution in [0.15, 0.2) is 22.8 Å². The van der Waals surface area contributed by atoms with Crippen LogP contribution in [0.2, 0.25) is 0 Å². The molecule has 1 aromatic rings. The van der Waals surface area contributed by atoms with Crippen LogP contribution in [-0.4, -0.2) is 4.83 Å². The van der Waals surface area contributed by atoms with Crippen LogP contribution in [0.1, 0.15) is 26.0 Å². The molecule has 2 heteroatoms. The van der Waals surface area contributed by atoms with E-state index in [-0.39, 0.29) is 0 Å². The van der Waals surface area contributed by atoms with E-state index >= 15 is 0 Å². The van der Waals surface area contributed by atoms with E-state index in [0.717, 1.165) is 12.2 Å². The molecule has 1 rings (SSSR count). The van der Waals surface area contributed by atoms with Gasteiger partial charge in [-0.15, -0.1) is 0 Å². The Balaban J connectivity index is 2.32. The van der Waals surface area contributed by atoms with Crippen molar-refractivity contribution < 1.29 is 4.42 Å². The van der Waals surface area contributed by atoms with Gasteiger partial charge in [-0.25, -0.2) is 0 Å². The predicted octanol–water partition coefficient (Wildman–Crippen LogP) is 3.63. The average molecular weight is 231 g/mol. The van der Waals surface area contributed by atoms with Gasteiger partial charge in [0.2, 0.25) is 0 Å². The molecule has 1 heterocycles. The number of hydrogen-bond acceptors (Lipinski definition) is 1. The summed E-state index contributed by atoms with van der Waals surface area (Å²) in [4.78, 5) is 0.600. The molecule has 0 saturated heterocycles. The molecular formula is C10H15BrO. The van der Waals surface area contributed by atoms with Crippen molar-refractivity contribution in [2.24, 2.45) is 5.92 Å². The molecule has 1 nitrogen and oxygen atoms in total. The van der Waals surface area contributed by atoms with Gasteiger partial charge >= 0.3 is 0 Å². The maximum Gasteiger partial charge on any atom is 0.104 e. The summed E-state index contributed by atoms with van der Waals surface area (Å²) in [6, 6.07) is 3.98. The number of alkyl halides is 1. The zero-order valence-electron chi connectivity index (χ0n) is 7.59. The van der Waals surface area contributed by atoms with Crippen molar-refractivity contribution in [2.75, 3.05) is 0 Å². The summed E-state index contributed by atoms with van der Waals surface area (Å²) in [5.74, 6) is 1.78. The summed E-state index contributed by atoms with van der Waals surface area (Å²) >= 11 is 3.55. The van der Waals surface area contributed by atoms with Crippen LogP contribution in [0.4, 0.5) is 0 Å². The fourth-order valence-electron chi connectivity index (χ4n) is 1.41. The zero-order chi connectivity index (χ0) is 8.97. The Kier molecular flexibility index (Phi) is 3.86. The molecule has 0 aliphatic rings. The number of rotatable bonds is 4. The summed E-state index contributed by atoms with van der Waals surface area (Å²) in [6.45, 7) is 4.43. The van der Waals surface area contributed by atoms with Crippen LogP contribution in [0.5, 0.6) is 0 Å². The monoisotopic (exact) mass is 230 g/mol. The van der Waals surface area contributed by atoms with Gasteiger partial charge in [-0.3, -0.25) is 0 Å². The van der Waals surface area contributed by atoms with Gasteiger partial charge in [0.1, 0.15) is 5.76 Å². The van der Waals surface area contributed by atoms with Crippen molar-refractivity contribution in [3.63, 3.8) is 0 Å². The van der Waals surface area contributed by atoms with Gasteiger partial charge in [0.05, 0.1) is 6.26 Å². The highest BCUT2D eigenvalue weighted by Crippen LogP contribution is 2.17. The van der Waals surface area contributed by atoms with Gasteiger partial charge in [0.15, 0.2) is 0 Å². The average Bonchev–Trinajstić information content (AvgIpc) is 2.37. The molecule has 2 unspecified atom stereocenters. The first-order valence-corrected chi connectivity index (χ1v) is 5.26. The first kappa shape index (κ1) is 9.85. The lowest BCUT2D eigenvalue weighted by Crippen LogP contribution is -2.04. The predicted molar refractivity (Wildman–Crippen MR) is 54.6 cm³/mol. The van der Waals surface area contributed by atoms with Crippen LogP contribution >= 0.6 is 15.9 Å². The van der Waals surface area contributed by atoms with E-state index in [1.165, 1.54) is 6.42 Å². The van der Waals surface area contributed by atoms with E-state index in [1.807, 2.05) is 12.1 Å². The van der Waals surface area contributed by atoms with Gasteiger partial charge in [0.25, 0.3) is 0 Å². The fraction of sp³-hybridized carbons (Fsp3) is 0.600. The highest BCUT2D eigenvalue weighted by Gasteiger charge is 2.08. The molecule has 0 amide bonds. The van der Waals surface area contributed by atoms with Crippen LogP contribution < -0.4 is 0 Å². The summed E-state index contributed by atoms with van der Waals surface area (Å²) in [5, 5.41) is 0. The van der Waals surface area contributed by atoms with E-state index in [2.05, 4.69) is 29.8 Å². The van der Waals surface area contributed by atoms with E-state index in [4.69, 9.17) is 4.42 Å². The third-order valence-electron chi connectivity index (χ3n) is 1.86. The van der Waals surface area contributed by atoms with Crippen molar-refractivity contribution in [1.82, 2.24) is 0 Å². The molecule has 12 heavy (non-hydrogen) atoms. The molecule has 0 N–H and O–H groups in total. The molecule has 0 aromatic carbocycles. The standard InChI is InChI=1S/C10H15BrO/c1-8(6-9(2)11)7-10-4-3-5-12-10/h3-5,8-9H,6-7H2,1-2H3. The van der Waals surface area contributed by atoms with Crippen LogP contribution in [0.3, 0.4) is 0 Å². The zero-order valence-corrected chi connectivity index (χ0v) is 9.17. The maximum absolute atomic E-state index is 5.27. The second-order valence-corrected chi connectivity index (χ2v) is 4.97. The molecule has 0 bridgehead atoms. The largest absolute Gasteiger partial charge is 0.469 e.